The molecular formula is C22H18F2O4. The van der Waals surface area contributed by atoms with E-state index in [9.17, 15) is 13.6 Å². The second-order valence-corrected chi connectivity index (χ2v) is 6.44. The minimum absolute atomic E-state index is 0.0353. The van der Waals surface area contributed by atoms with Gasteiger partial charge < -0.3 is 13.9 Å². The number of rotatable bonds is 5. The Bertz CT molecular complexity index is 1200. The van der Waals surface area contributed by atoms with Gasteiger partial charge in [-0.25, -0.2) is 9.18 Å². The molecule has 4 nitrogen and oxygen atoms in total. The summed E-state index contributed by atoms with van der Waals surface area (Å²) in [5, 5.41) is 0.451. The Kier molecular flexibility index (Phi) is 4.96. The molecule has 0 bridgehead atoms. The number of halogens is 2. The highest BCUT2D eigenvalue weighted by Crippen LogP contribution is 2.25. The van der Waals surface area contributed by atoms with Gasteiger partial charge in [-0.05, 0) is 36.3 Å². The normalized spacial score (nSPS) is 16.0. The van der Waals surface area contributed by atoms with E-state index in [0.29, 0.717) is 17.2 Å². The second-order valence-electron chi connectivity index (χ2n) is 6.44. The Morgan fingerprint density at radius 1 is 1.14 bits per heavy atom. The molecule has 0 N–H and O–H groups in total. The third-order valence-corrected chi connectivity index (χ3v) is 4.68. The zero-order valence-corrected chi connectivity index (χ0v) is 15.2. The van der Waals surface area contributed by atoms with Gasteiger partial charge in [-0.2, -0.15) is 4.39 Å². The lowest BCUT2D eigenvalue weighted by Gasteiger charge is -2.17. The first kappa shape index (κ1) is 18.4. The summed E-state index contributed by atoms with van der Waals surface area (Å²) in [6, 6.07) is 12.3. The van der Waals surface area contributed by atoms with Crippen LogP contribution in [0.4, 0.5) is 8.78 Å². The Morgan fingerprint density at radius 2 is 1.93 bits per heavy atom. The fourth-order valence-electron chi connectivity index (χ4n) is 3.35. The number of benzene rings is 2. The average Bonchev–Trinajstić information content (AvgIpc) is 2.71. The highest BCUT2D eigenvalue weighted by atomic mass is 19.1. The fourth-order valence-corrected chi connectivity index (χ4v) is 3.35. The first-order chi connectivity index (χ1) is 13.6. The van der Waals surface area contributed by atoms with Crippen LogP contribution in [0.15, 0.2) is 51.7 Å². The van der Waals surface area contributed by atoms with Crippen LogP contribution >= 0.6 is 0 Å². The summed E-state index contributed by atoms with van der Waals surface area (Å²) in [6.45, 7) is 2.23. The molecule has 0 radical (unpaired) electrons. The molecule has 6 heteroatoms. The number of ether oxygens (including phenoxy) is 2. The fraction of sp³-hybridized carbons (Fsp3) is 0.227. The van der Waals surface area contributed by atoms with Crippen molar-refractivity contribution >= 4 is 22.9 Å². The van der Waals surface area contributed by atoms with Crippen LogP contribution in [0.2, 0.25) is 0 Å². The molecule has 1 unspecified atom stereocenters. The SMILES string of the molecule is CCOC1CC=c2c(c(=O)oc3c(F)c(OCc4ccccc4)ccc23)=C1F. The van der Waals surface area contributed by atoms with Crippen molar-refractivity contribution < 1.29 is 22.7 Å². The zero-order chi connectivity index (χ0) is 19.7. The van der Waals surface area contributed by atoms with E-state index in [1.165, 1.54) is 6.07 Å². The van der Waals surface area contributed by atoms with Gasteiger partial charge in [-0.3, -0.25) is 0 Å². The van der Waals surface area contributed by atoms with Crippen LogP contribution in [0.1, 0.15) is 18.9 Å². The van der Waals surface area contributed by atoms with Gasteiger partial charge in [0.05, 0.1) is 0 Å². The Labute approximate surface area is 159 Å². The van der Waals surface area contributed by atoms with Crippen LogP contribution < -0.4 is 20.8 Å². The summed E-state index contributed by atoms with van der Waals surface area (Å²) in [5.41, 5.74) is -0.297. The van der Waals surface area contributed by atoms with E-state index in [1.807, 2.05) is 30.3 Å². The van der Waals surface area contributed by atoms with E-state index in [4.69, 9.17) is 13.9 Å². The van der Waals surface area contributed by atoms with Gasteiger partial charge in [-0.1, -0.05) is 36.4 Å². The molecular weight excluding hydrogens is 366 g/mol. The number of fused-ring (bicyclic) bond motifs is 3. The molecule has 1 aromatic heterocycles. The van der Waals surface area contributed by atoms with E-state index in [0.717, 1.165) is 5.56 Å². The Hall–Kier alpha value is -2.99. The van der Waals surface area contributed by atoms with Crippen LogP contribution in [0.3, 0.4) is 0 Å². The topological polar surface area (TPSA) is 48.7 Å². The van der Waals surface area contributed by atoms with Gasteiger partial charge in [0.15, 0.2) is 11.3 Å². The van der Waals surface area contributed by atoms with Crippen LogP contribution in [0.25, 0.3) is 22.9 Å². The quantitative estimate of drug-likeness (QED) is 0.634. The van der Waals surface area contributed by atoms with Gasteiger partial charge in [0.1, 0.15) is 23.8 Å². The van der Waals surface area contributed by atoms with E-state index < -0.39 is 23.4 Å². The van der Waals surface area contributed by atoms with Gasteiger partial charge in [0.2, 0.25) is 5.82 Å². The van der Waals surface area contributed by atoms with E-state index in [1.54, 1.807) is 19.1 Å². The lowest BCUT2D eigenvalue weighted by molar-refractivity contribution is 0.0956. The minimum atomic E-state index is -0.931. The highest BCUT2D eigenvalue weighted by molar-refractivity contribution is 5.81. The van der Waals surface area contributed by atoms with Crippen molar-refractivity contribution in [1.29, 1.82) is 0 Å². The van der Waals surface area contributed by atoms with Crippen LogP contribution in [-0.4, -0.2) is 12.7 Å². The summed E-state index contributed by atoms with van der Waals surface area (Å²) in [4.78, 5) is 12.4. The van der Waals surface area contributed by atoms with Crippen molar-refractivity contribution in [2.75, 3.05) is 6.61 Å². The predicted octanol–water partition coefficient (Wildman–Crippen LogP) is 3.18. The maximum atomic E-state index is 14.9. The molecule has 0 amide bonds. The molecule has 1 heterocycles. The molecule has 0 saturated carbocycles. The molecule has 1 aliphatic rings. The van der Waals surface area contributed by atoms with E-state index in [2.05, 4.69) is 0 Å². The average molecular weight is 384 g/mol. The second kappa shape index (κ2) is 7.56. The first-order valence-corrected chi connectivity index (χ1v) is 9.03. The molecule has 4 rings (SSSR count). The molecule has 2 aromatic carbocycles. The van der Waals surface area contributed by atoms with E-state index >= 15 is 0 Å². The van der Waals surface area contributed by atoms with Crippen molar-refractivity contribution in [2.45, 2.75) is 26.1 Å². The maximum Gasteiger partial charge on any atom is 0.347 e. The lowest BCUT2D eigenvalue weighted by atomic mass is 10.0. The third-order valence-electron chi connectivity index (χ3n) is 4.68. The minimum Gasteiger partial charge on any atom is -0.486 e. The molecule has 144 valence electrons. The molecule has 0 fully saturated rings. The molecule has 0 saturated heterocycles. The van der Waals surface area contributed by atoms with Gasteiger partial charge >= 0.3 is 5.63 Å². The van der Waals surface area contributed by atoms with Gasteiger partial charge in [0, 0.05) is 12.0 Å². The van der Waals surface area contributed by atoms with Crippen molar-refractivity contribution in [1.82, 2.24) is 0 Å². The lowest BCUT2D eigenvalue weighted by Crippen LogP contribution is -2.45. The largest absolute Gasteiger partial charge is 0.486 e. The standard InChI is InChI=1S/C22H18F2O4/c1-2-26-16-10-8-14-15-9-11-17(27-12-13-6-4-3-5-7-13)20(24)21(15)28-22(25)18(14)19(16)23/h3-9,11,16H,2,10,12H2,1H3. The number of hydrogen-bond donors (Lipinski definition) is 0. The zero-order valence-electron chi connectivity index (χ0n) is 15.2. The Balaban J connectivity index is 1.80. The third kappa shape index (κ3) is 3.20. The molecule has 3 aromatic rings. The predicted molar refractivity (Wildman–Crippen MR) is 101 cm³/mol. The summed E-state index contributed by atoms with van der Waals surface area (Å²) >= 11 is 0. The first-order valence-electron chi connectivity index (χ1n) is 9.03. The van der Waals surface area contributed by atoms with Crippen molar-refractivity contribution in [2.24, 2.45) is 0 Å². The van der Waals surface area contributed by atoms with Gasteiger partial charge in [-0.15, -0.1) is 0 Å². The summed E-state index contributed by atoms with van der Waals surface area (Å²) in [5.74, 6) is -1.50. The molecule has 1 aliphatic carbocycles. The maximum absolute atomic E-state index is 14.9. The summed E-state index contributed by atoms with van der Waals surface area (Å²) < 4.78 is 45.6. The van der Waals surface area contributed by atoms with Gasteiger partial charge in [0.25, 0.3) is 0 Å². The molecule has 0 spiro atoms. The van der Waals surface area contributed by atoms with Crippen LogP contribution in [-0.2, 0) is 11.3 Å². The van der Waals surface area contributed by atoms with Crippen molar-refractivity contribution in [3.05, 3.63) is 74.7 Å². The monoisotopic (exact) mass is 384 g/mol. The molecule has 0 aliphatic heterocycles. The molecule has 1 atom stereocenters. The summed E-state index contributed by atoms with van der Waals surface area (Å²) in [7, 11) is 0. The van der Waals surface area contributed by atoms with Crippen molar-refractivity contribution in [3.8, 4) is 5.75 Å². The number of hydrogen-bond acceptors (Lipinski definition) is 4. The Morgan fingerprint density at radius 3 is 2.68 bits per heavy atom. The van der Waals surface area contributed by atoms with E-state index in [-0.39, 0.29) is 29.6 Å². The summed E-state index contributed by atoms with van der Waals surface area (Å²) in [6.07, 6.45) is 1.12. The van der Waals surface area contributed by atoms with Crippen LogP contribution in [0.5, 0.6) is 5.75 Å². The van der Waals surface area contributed by atoms with Crippen molar-refractivity contribution in [3.63, 3.8) is 0 Å². The smallest absolute Gasteiger partial charge is 0.347 e. The van der Waals surface area contributed by atoms with Crippen LogP contribution in [0, 0.1) is 5.82 Å². The molecule has 28 heavy (non-hydrogen) atoms. The highest BCUT2D eigenvalue weighted by Gasteiger charge is 2.23.